The van der Waals surface area contributed by atoms with Crippen LogP contribution in [0.1, 0.15) is 0 Å². The minimum absolute atomic E-state index is 0.0973. The van der Waals surface area contributed by atoms with Gasteiger partial charge in [0.15, 0.2) is 10.9 Å². The Bertz CT molecular complexity index is 884. The average Bonchev–Trinajstić information content (AvgIpc) is 2.93. The summed E-state index contributed by atoms with van der Waals surface area (Å²) in [4.78, 5) is 4.90. The molecule has 1 aromatic carbocycles. The Labute approximate surface area is 158 Å². The van der Waals surface area contributed by atoms with E-state index in [1.165, 1.54) is 11.3 Å². The topological polar surface area (TPSA) is 57.2 Å². The van der Waals surface area contributed by atoms with E-state index in [0.29, 0.717) is 37.1 Å². The quantitative estimate of drug-likeness (QED) is 0.501. The van der Waals surface area contributed by atoms with Gasteiger partial charge in [0, 0.05) is 11.6 Å². The minimum Gasteiger partial charge on any atom is -0.504 e. The molecule has 3 aromatic rings. The molecule has 8 heteroatoms. The average molecular weight is 396 g/mol. The Balaban J connectivity index is 1.76. The second-order valence-electron chi connectivity index (χ2n) is 4.72. The number of thiocarbonyl (C=S) groups is 1. The van der Waals surface area contributed by atoms with Gasteiger partial charge in [-0.25, -0.2) is 0 Å². The van der Waals surface area contributed by atoms with Crippen molar-refractivity contribution in [3.8, 4) is 16.3 Å². The SMILES string of the molecule is Oc1c(NC(=S)Nc2cccc(Cl)c2Cl)csc1-c1ccccn1. The highest BCUT2D eigenvalue weighted by Gasteiger charge is 2.14. The van der Waals surface area contributed by atoms with Crippen LogP contribution in [-0.4, -0.2) is 15.2 Å². The standard InChI is InChI=1S/C16H11Cl2N3OS2/c17-9-4-3-6-10(13(9)18)20-16(23)21-12-8-24-15(14(12)22)11-5-1-2-7-19-11/h1-8,22H,(H2,20,21,23). The third-order valence-electron chi connectivity index (χ3n) is 3.11. The second kappa shape index (κ2) is 7.36. The molecule has 2 aromatic heterocycles. The number of anilines is 2. The van der Waals surface area contributed by atoms with Crippen LogP contribution < -0.4 is 10.6 Å². The van der Waals surface area contributed by atoms with Crippen LogP contribution >= 0.6 is 46.8 Å². The van der Waals surface area contributed by atoms with Gasteiger partial charge in [-0.15, -0.1) is 11.3 Å². The van der Waals surface area contributed by atoms with Gasteiger partial charge in [0.1, 0.15) is 0 Å². The first kappa shape index (κ1) is 17.0. The number of hydrogen-bond donors (Lipinski definition) is 3. The van der Waals surface area contributed by atoms with E-state index in [4.69, 9.17) is 35.4 Å². The minimum atomic E-state index is 0.0973. The van der Waals surface area contributed by atoms with Gasteiger partial charge in [0.05, 0.1) is 32.0 Å². The number of aromatic hydroxyl groups is 1. The number of nitrogens with zero attached hydrogens (tertiary/aromatic N) is 1. The summed E-state index contributed by atoms with van der Waals surface area (Å²) in [6, 6.07) is 10.7. The van der Waals surface area contributed by atoms with Crippen molar-refractivity contribution in [2.75, 3.05) is 10.6 Å². The molecule has 2 heterocycles. The summed E-state index contributed by atoms with van der Waals surface area (Å²) in [6.45, 7) is 0. The van der Waals surface area contributed by atoms with E-state index in [0.717, 1.165) is 0 Å². The van der Waals surface area contributed by atoms with Gasteiger partial charge in [-0.05, 0) is 36.5 Å². The van der Waals surface area contributed by atoms with Crippen molar-refractivity contribution in [2.45, 2.75) is 0 Å². The van der Waals surface area contributed by atoms with E-state index in [2.05, 4.69) is 15.6 Å². The largest absolute Gasteiger partial charge is 0.504 e. The maximum atomic E-state index is 10.4. The third kappa shape index (κ3) is 3.62. The first-order valence-electron chi connectivity index (χ1n) is 6.80. The fourth-order valence-corrected chi connectivity index (χ4v) is 3.43. The van der Waals surface area contributed by atoms with Crippen molar-refractivity contribution in [3.05, 3.63) is 58.0 Å². The van der Waals surface area contributed by atoms with Gasteiger partial charge in [-0.3, -0.25) is 4.98 Å². The Kier molecular flexibility index (Phi) is 5.20. The Morgan fingerprint density at radius 1 is 1.08 bits per heavy atom. The zero-order chi connectivity index (χ0) is 17.1. The van der Waals surface area contributed by atoms with Crippen LogP contribution in [0.4, 0.5) is 11.4 Å². The number of thiophene rings is 1. The van der Waals surface area contributed by atoms with Crippen LogP contribution in [0, 0.1) is 0 Å². The molecule has 3 rings (SSSR count). The van der Waals surface area contributed by atoms with Gasteiger partial charge in [0.2, 0.25) is 0 Å². The fourth-order valence-electron chi connectivity index (χ4n) is 2.00. The first-order chi connectivity index (χ1) is 11.6. The van der Waals surface area contributed by atoms with Gasteiger partial charge >= 0.3 is 0 Å². The van der Waals surface area contributed by atoms with E-state index in [-0.39, 0.29) is 5.75 Å². The molecule has 0 saturated carbocycles. The summed E-state index contributed by atoms with van der Waals surface area (Å²) in [5.74, 6) is 0.0973. The number of nitrogens with one attached hydrogen (secondary N) is 2. The highest BCUT2D eigenvalue weighted by Crippen LogP contribution is 2.40. The van der Waals surface area contributed by atoms with E-state index >= 15 is 0 Å². The molecular weight excluding hydrogens is 385 g/mol. The maximum Gasteiger partial charge on any atom is 0.175 e. The fraction of sp³-hybridized carbons (Fsp3) is 0. The number of halogens is 2. The van der Waals surface area contributed by atoms with Crippen molar-refractivity contribution < 1.29 is 5.11 Å². The third-order valence-corrected chi connectivity index (χ3v) is 5.13. The number of pyridine rings is 1. The second-order valence-corrected chi connectivity index (χ2v) is 6.80. The van der Waals surface area contributed by atoms with Crippen molar-refractivity contribution in [2.24, 2.45) is 0 Å². The molecule has 3 N–H and O–H groups in total. The van der Waals surface area contributed by atoms with Crippen molar-refractivity contribution in [3.63, 3.8) is 0 Å². The van der Waals surface area contributed by atoms with Crippen LogP contribution in [0.2, 0.25) is 10.0 Å². The molecule has 0 atom stereocenters. The molecule has 0 radical (unpaired) electrons. The lowest BCUT2D eigenvalue weighted by molar-refractivity contribution is 0.482. The number of aromatic nitrogens is 1. The molecular formula is C16H11Cl2N3OS2. The van der Waals surface area contributed by atoms with E-state index in [1.807, 2.05) is 18.2 Å². The molecule has 0 aliphatic heterocycles. The molecule has 122 valence electrons. The molecule has 0 spiro atoms. The molecule has 4 nitrogen and oxygen atoms in total. The van der Waals surface area contributed by atoms with Crippen molar-refractivity contribution in [1.29, 1.82) is 0 Å². The van der Waals surface area contributed by atoms with E-state index < -0.39 is 0 Å². The predicted molar refractivity (Wildman–Crippen MR) is 106 cm³/mol. The monoisotopic (exact) mass is 395 g/mol. The van der Waals surface area contributed by atoms with Gasteiger partial charge in [-0.2, -0.15) is 0 Å². The van der Waals surface area contributed by atoms with Gasteiger partial charge in [0.25, 0.3) is 0 Å². The van der Waals surface area contributed by atoms with Gasteiger partial charge in [-0.1, -0.05) is 35.3 Å². The Morgan fingerprint density at radius 2 is 1.88 bits per heavy atom. The summed E-state index contributed by atoms with van der Waals surface area (Å²) < 4.78 is 0. The zero-order valence-electron chi connectivity index (χ0n) is 12.1. The number of hydrogen-bond acceptors (Lipinski definition) is 4. The van der Waals surface area contributed by atoms with Crippen LogP contribution in [0.3, 0.4) is 0 Å². The van der Waals surface area contributed by atoms with Crippen LogP contribution in [-0.2, 0) is 0 Å². The lowest BCUT2D eigenvalue weighted by Crippen LogP contribution is -2.19. The Hall–Kier alpha value is -1.86. The van der Waals surface area contributed by atoms with Gasteiger partial charge < -0.3 is 15.7 Å². The van der Waals surface area contributed by atoms with Crippen LogP contribution in [0.25, 0.3) is 10.6 Å². The summed E-state index contributed by atoms with van der Waals surface area (Å²) in [6.07, 6.45) is 1.68. The molecule has 0 aliphatic rings. The summed E-state index contributed by atoms with van der Waals surface area (Å²) in [5.41, 5.74) is 1.78. The van der Waals surface area contributed by atoms with Crippen LogP contribution in [0.15, 0.2) is 48.0 Å². The smallest absolute Gasteiger partial charge is 0.175 e. The van der Waals surface area contributed by atoms with Crippen molar-refractivity contribution in [1.82, 2.24) is 4.98 Å². The summed E-state index contributed by atoms with van der Waals surface area (Å²) in [7, 11) is 0. The number of benzene rings is 1. The van der Waals surface area contributed by atoms with Crippen LogP contribution in [0.5, 0.6) is 5.75 Å². The maximum absolute atomic E-state index is 10.4. The number of rotatable bonds is 3. The first-order valence-corrected chi connectivity index (χ1v) is 8.84. The Morgan fingerprint density at radius 3 is 2.62 bits per heavy atom. The lowest BCUT2D eigenvalue weighted by atomic mass is 10.3. The normalized spacial score (nSPS) is 10.4. The molecule has 0 bridgehead atoms. The summed E-state index contributed by atoms with van der Waals surface area (Å²) >= 11 is 18.7. The molecule has 24 heavy (non-hydrogen) atoms. The molecule has 0 unspecified atom stereocenters. The summed E-state index contributed by atoms with van der Waals surface area (Å²) in [5, 5.41) is 19.1. The molecule has 0 aliphatic carbocycles. The molecule has 0 amide bonds. The van der Waals surface area contributed by atoms with E-state index in [9.17, 15) is 5.11 Å². The highest BCUT2D eigenvalue weighted by atomic mass is 35.5. The molecule has 0 fully saturated rings. The highest BCUT2D eigenvalue weighted by molar-refractivity contribution is 7.80. The lowest BCUT2D eigenvalue weighted by Gasteiger charge is -2.11. The predicted octanol–water partition coefficient (Wildman–Crippen LogP) is 5.63. The molecule has 0 saturated heterocycles. The van der Waals surface area contributed by atoms with E-state index in [1.54, 1.807) is 29.8 Å². The zero-order valence-corrected chi connectivity index (χ0v) is 15.2. The van der Waals surface area contributed by atoms with Crippen molar-refractivity contribution >= 4 is 63.2 Å².